The van der Waals surface area contributed by atoms with Gasteiger partial charge in [0.1, 0.15) is 0 Å². The lowest BCUT2D eigenvalue weighted by Crippen LogP contribution is -2.00. The Hall–Kier alpha value is -0.930. The summed E-state index contributed by atoms with van der Waals surface area (Å²) < 4.78 is 5.07. The maximum absolute atomic E-state index is 9.68. The van der Waals surface area contributed by atoms with E-state index < -0.39 is 0 Å². The molecular weight excluding hydrogens is 214 g/mol. The first-order chi connectivity index (χ1) is 6.72. The second-order valence-corrected chi connectivity index (χ2v) is 3.26. The molecule has 3 N–H and O–H groups in total. The summed E-state index contributed by atoms with van der Waals surface area (Å²) in [5.74, 6) is 0.672. The van der Waals surface area contributed by atoms with Gasteiger partial charge in [-0.3, -0.25) is 0 Å². The third-order valence-corrected chi connectivity index (χ3v) is 2.19. The lowest BCUT2D eigenvalue weighted by atomic mass is 10.0. The van der Waals surface area contributed by atoms with Crippen molar-refractivity contribution >= 4 is 12.4 Å². The Morgan fingerprint density at radius 2 is 2.07 bits per heavy atom. The van der Waals surface area contributed by atoms with Crippen LogP contribution in [0.25, 0.3) is 0 Å². The van der Waals surface area contributed by atoms with Gasteiger partial charge in [-0.25, -0.2) is 0 Å². The lowest BCUT2D eigenvalue weighted by molar-refractivity contribution is 0.370. The summed E-state index contributed by atoms with van der Waals surface area (Å²) >= 11 is 0. The summed E-state index contributed by atoms with van der Waals surface area (Å²) in [4.78, 5) is 0. The first kappa shape index (κ1) is 14.1. The molecule has 0 aliphatic rings. The van der Waals surface area contributed by atoms with Crippen molar-refractivity contribution in [1.82, 2.24) is 0 Å². The standard InChI is InChI=1S/C11H17NO2.ClH/c1-3-4-8-5-9(7-12)11(13)10(6-8)14-2;/h5-6,13H,3-4,7,12H2,1-2H3;1H. The molecule has 0 unspecified atom stereocenters. The quantitative estimate of drug-likeness (QED) is 0.836. The number of halogens is 1. The van der Waals surface area contributed by atoms with E-state index in [-0.39, 0.29) is 18.2 Å². The zero-order valence-electron chi connectivity index (χ0n) is 9.12. The number of nitrogens with two attached hydrogens (primary N) is 1. The minimum Gasteiger partial charge on any atom is -0.504 e. The molecule has 0 saturated carbocycles. The fourth-order valence-corrected chi connectivity index (χ4v) is 1.47. The summed E-state index contributed by atoms with van der Waals surface area (Å²) in [7, 11) is 1.55. The molecule has 0 bridgehead atoms. The van der Waals surface area contributed by atoms with Crippen LogP contribution in [0.4, 0.5) is 0 Å². The van der Waals surface area contributed by atoms with Crippen molar-refractivity contribution in [2.24, 2.45) is 5.73 Å². The van der Waals surface area contributed by atoms with E-state index in [2.05, 4.69) is 6.92 Å². The molecule has 1 aromatic rings. The number of hydrogen-bond donors (Lipinski definition) is 2. The third kappa shape index (κ3) is 3.29. The number of aryl methyl sites for hydroxylation is 1. The number of hydrogen-bond acceptors (Lipinski definition) is 3. The SMILES string of the molecule is CCCc1cc(CN)c(O)c(OC)c1.Cl. The minimum absolute atomic E-state index is 0. The lowest BCUT2D eigenvalue weighted by Gasteiger charge is -2.10. The molecule has 15 heavy (non-hydrogen) atoms. The van der Waals surface area contributed by atoms with Crippen molar-refractivity contribution in [3.8, 4) is 11.5 Å². The number of methoxy groups -OCH3 is 1. The number of benzene rings is 1. The largest absolute Gasteiger partial charge is 0.504 e. The van der Waals surface area contributed by atoms with E-state index >= 15 is 0 Å². The molecule has 0 aromatic heterocycles. The summed E-state index contributed by atoms with van der Waals surface area (Å²) in [5, 5.41) is 9.68. The Labute approximate surface area is 96.7 Å². The van der Waals surface area contributed by atoms with E-state index in [1.165, 1.54) is 0 Å². The van der Waals surface area contributed by atoms with Crippen molar-refractivity contribution in [3.63, 3.8) is 0 Å². The van der Waals surface area contributed by atoms with Crippen LogP contribution in [0.3, 0.4) is 0 Å². The molecule has 0 fully saturated rings. The number of phenols is 1. The third-order valence-electron chi connectivity index (χ3n) is 2.19. The number of phenolic OH excluding ortho intramolecular Hbond substituents is 1. The number of aromatic hydroxyl groups is 1. The summed E-state index contributed by atoms with van der Waals surface area (Å²) in [6.45, 7) is 2.45. The summed E-state index contributed by atoms with van der Waals surface area (Å²) in [6.07, 6.45) is 2.04. The molecule has 0 radical (unpaired) electrons. The van der Waals surface area contributed by atoms with Gasteiger partial charge in [0.25, 0.3) is 0 Å². The van der Waals surface area contributed by atoms with Gasteiger partial charge in [0.2, 0.25) is 0 Å². The Balaban J connectivity index is 0.00000196. The van der Waals surface area contributed by atoms with Crippen LogP contribution in [-0.2, 0) is 13.0 Å². The highest BCUT2D eigenvalue weighted by Gasteiger charge is 2.08. The fourth-order valence-electron chi connectivity index (χ4n) is 1.47. The Morgan fingerprint density at radius 1 is 1.40 bits per heavy atom. The molecule has 1 aromatic carbocycles. The molecule has 0 aliphatic heterocycles. The van der Waals surface area contributed by atoms with Crippen LogP contribution in [-0.4, -0.2) is 12.2 Å². The molecule has 1 rings (SSSR count). The highest BCUT2D eigenvalue weighted by atomic mass is 35.5. The molecule has 0 amide bonds. The normalized spacial score (nSPS) is 9.53. The van der Waals surface area contributed by atoms with Crippen LogP contribution >= 0.6 is 12.4 Å². The van der Waals surface area contributed by atoms with Gasteiger partial charge in [-0.15, -0.1) is 12.4 Å². The van der Waals surface area contributed by atoms with Gasteiger partial charge in [-0.05, 0) is 18.1 Å². The van der Waals surface area contributed by atoms with Crippen molar-refractivity contribution in [1.29, 1.82) is 0 Å². The summed E-state index contributed by atoms with van der Waals surface area (Å²) in [6, 6.07) is 3.79. The maximum Gasteiger partial charge on any atom is 0.162 e. The van der Waals surface area contributed by atoms with E-state index in [9.17, 15) is 5.11 Å². The molecule has 0 atom stereocenters. The minimum atomic E-state index is 0. The van der Waals surface area contributed by atoms with Gasteiger partial charge < -0.3 is 15.6 Å². The Kier molecular flexibility index (Phi) is 6.13. The maximum atomic E-state index is 9.68. The van der Waals surface area contributed by atoms with Crippen LogP contribution in [0.15, 0.2) is 12.1 Å². The molecule has 0 heterocycles. The summed E-state index contributed by atoms with van der Waals surface area (Å²) in [5.41, 5.74) is 7.42. The van der Waals surface area contributed by atoms with E-state index in [4.69, 9.17) is 10.5 Å². The van der Waals surface area contributed by atoms with E-state index in [1.54, 1.807) is 7.11 Å². The van der Waals surface area contributed by atoms with E-state index in [1.807, 2.05) is 12.1 Å². The predicted octanol–water partition coefficient (Wildman–Crippen LogP) is 2.23. The van der Waals surface area contributed by atoms with E-state index in [0.717, 1.165) is 24.0 Å². The van der Waals surface area contributed by atoms with E-state index in [0.29, 0.717) is 12.3 Å². The monoisotopic (exact) mass is 231 g/mol. The van der Waals surface area contributed by atoms with Gasteiger partial charge in [0, 0.05) is 12.1 Å². The van der Waals surface area contributed by atoms with Crippen molar-refractivity contribution in [2.45, 2.75) is 26.3 Å². The topological polar surface area (TPSA) is 55.5 Å². The van der Waals surface area contributed by atoms with Gasteiger partial charge in [-0.2, -0.15) is 0 Å². The molecular formula is C11H18ClNO2. The molecule has 86 valence electrons. The average Bonchev–Trinajstić information content (AvgIpc) is 2.20. The second kappa shape index (κ2) is 6.53. The van der Waals surface area contributed by atoms with Crippen molar-refractivity contribution in [3.05, 3.63) is 23.3 Å². The zero-order valence-corrected chi connectivity index (χ0v) is 9.93. The average molecular weight is 232 g/mol. The highest BCUT2D eigenvalue weighted by molar-refractivity contribution is 5.85. The molecule has 0 saturated heterocycles. The van der Waals surface area contributed by atoms with Crippen LogP contribution in [0, 0.1) is 0 Å². The Bertz CT molecular complexity index is 290. The van der Waals surface area contributed by atoms with Crippen LogP contribution < -0.4 is 10.5 Å². The molecule has 0 spiro atoms. The van der Waals surface area contributed by atoms with Gasteiger partial charge in [0.15, 0.2) is 11.5 Å². The Morgan fingerprint density at radius 3 is 2.53 bits per heavy atom. The van der Waals surface area contributed by atoms with Crippen LogP contribution in [0.1, 0.15) is 24.5 Å². The fraction of sp³-hybridized carbons (Fsp3) is 0.455. The van der Waals surface area contributed by atoms with Crippen LogP contribution in [0.5, 0.6) is 11.5 Å². The smallest absolute Gasteiger partial charge is 0.162 e. The number of ether oxygens (including phenoxy) is 1. The molecule has 3 nitrogen and oxygen atoms in total. The van der Waals surface area contributed by atoms with Crippen molar-refractivity contribution < 1.29 is 9.84 Å². The van der Waals surface area contributed by atoms with Crippen molar-refractivity contribution in [2.75, 3.05) is 7.11 Å². The zero-order chi connectivity index (χ0) is 10.6. The van der Waals surface area contributed by atoms with Gasteiger partial charge in [-0.1, -0.05) is 19.4 Å². The number of rotatable bonds is 4. The van der Waals surface area contributed by atoms with Crippen LogP contribution in [0.2, 0.25) is 0 Å². The molecule has 4 heteroatoms. The van der Waals surface area contributed by atoms with Gasteiger partial charge in [0.05, 0.1) is 7.11 Å². The van der Waals surface area contributed by atoms with Gasteiger partial charge >= 0.3 is 0 Å². The second-order valence-electron chi connectivity index (χ2n) is 3.26. The first-order valence-electron chi connectivity index (χ1n) is 4.81. The first-order valence-corrected chi connectivity index (χ1v) is 4.81. The highest BCUT2D eigenvalue weighted by Crippen LogP contribution is 2.31. The predicted molar refractivity (Wildman–Crippen MR) is 63.8 cm³/mol. The molecule has 0 aliphatic carbocycles.